The van der Waals surface area contributed by atoms with Crippen LogP contribution in [0.15, 0.2) is 18.2 Å². The van der Waals surface area contributed by atoms with Crippen LogP contribution >= 0.6 is 0 Å². The first-order valence-electron chi connectivity index (χ1n) is 8.27. The number of nitrogens with zero attached hydrogens (tertiary/aromatic N) is 1. The fraction of sp³-hybridized carbons (Fsp3) is 0.611. The van der Waals surface area contributed by atoms with Gasteiger partial charge in [-0.1, -0.05) is 17.7 Å². The van der Waals surface area contributed by atoms with Crippen LogP contribution in [0.3, 0.4) is 0 Å². The summed E-state index contributed by atoms with van der Waals surface area (Å²) in [7, 11) is 1.80. The Bertz CT molecular complexity index is 537. The number of carbonyl (C=O) groups is 1. The van der Waals surface area contributed by atoms with E-state index in [4.69, 9.17) is 10.5 Å². The van der Waals surface area contributed by atoms with Crippen LogP contribution in [0.25, 0.3) is 0 Å². The molecule has 1 aliphatic rings. The maximum Gasteiger partial charge on any atom is 0.225 e. The summed E-state index contributed by atoms with van der Waals surface area (Å²) >= 11 is 0. The van der Waals surface area contributed by atoms with Crippen molar-refractivity contribution in [3.05, 3.63) is 29.3 Å². The molecule has 0 aromatic heterocycles. The van der Waals surface area contributed by atoms with Crippen molar-refractivity contribution < 1.29 is 14.6 Å². The maximum atomic E-state index is 12.3. The van der Waals surface area contributed by atoms with E-state index in [0.29, 0.717) is 26.0 Å². The Morgan fingerprint density at radius 3 is 2.74 bits per heavy atom. The van der Waals surface area contributed by atoms with E-state index in [0.717, 1.165) is 17.7 Å². The van der Waals surface area contributed by atoms with Crippen molar-refractivity contribution in [1.29, 1.82) is 0 Å². The van der Waals surface area contributed by atoms with Crippen molar-refractivity contribution >= 4 is 5.91 Å². The average Bonchev–Trinajstić information content (AvgIpc) is 2.84. The molecular weight excluding hydrogens is 292 g/mol. The predicted molar refractivity (Wildman–Crippen MR) is 90.4 cm³/mol. The Morgan fingerprint density at radius 2 is 2.13 bits per heavy atom. The van der Waals surface area contributed by atoms with Gasteiger partial charge in [-0.15, -0.1) is 0 Å². The third kappa shape index (κ3) is 4.69. The molecule has 0 aliphatic heterocycles. The number of aryl methyl sites for hydroxylation is 2. The van der Waals surface area contributed by atoms with Crippen molar-refractivity contribution in [3.63, 3.8) is 0 Å². The van der Waals surface area contributed by atoms with E-state index in [2.05, 4.69) is 13.0 Å². The second-order valence-electron chi connectivity index (χ2n) is 6.63. The van der Waals surface area contributed by atoms with E-state index in [9.17, 15) is 9.90 Å². The van der Waals surface area contributed by atoms with Gasteiger partial charge in [0.1, 0.15) is 5.75 Å². The molecule has 1 amide bonds. The molecule has 5 nitrogen and oxygen atoms in total. The Balaban J connectivity index is 1.72. The number of rotatable bonds is 6. The number of hydrogen-bond acceptors (Lipinski definition) is 4. The van der Waals surface area contributed by atoms with Crippen LogP contribution in [0.2, 0.25) is 0 Å². The molecule has 128 valence electrons. The lowest BCUT2D eigenvalue weighted by Crippen LogP contribution is -2.34. The van der Waals surface area contributed by atoms with E-state index < -0.39 is 6.10 Å². The number of benzene rings is 1. The minimum Gasteiger partial charge on any atom is -0.493 e. The molecule has 3 N–H and O–H groups in total. The van der Waals surface area contributed by atoms with Gasteiger partial charge < -0.3 is 20.5 Å². The van der Waals surface area contributed by atoms with Gasteiger partial charge in [0.25, 0.3) is 0 Å². The van der Waals surface area contributed by atoms with Gasteiger partial charge >= 0.3 is 0 Å². The van der Waals surface area contributed by atoms with Crippen molar-refractivity contribution in [2.75, 3.05) is 20.2 Å². The molecular formula is C18H28N2O3. The van der Waals surface area contributed by atoms with Gasteiger partial charge in [0.05, 0.1) is 12.7 Å². The van der Waals surface area contributed by atoms with Crippen molar-refractivity contribution in [1.82, 2.24) is 4.90 Å². The summed E-state index contributed by atoms with van der Waals surface area (Å²) in [5.41, 5.74) is 8.12. The fourth-order valence-electron chi connectivity index (χ4n) is 3.12. The van der Waals surface area contributed by atoms with Crippen molar-refractivity contribution in [3.8, 4) is 5.75 Å². The molecule has 1 aromatic carbocycles. The van der Waals surface area contributed by atoms with E-state index in [-0.39, 0.29) is 17.9 Å². The zero-order chi connectivity index (χ0) is 17.0. The first kappa shape index (κ1) is 17.8. The number of nitrogens with two attached hydrogens (primary N) is 1. The normalized spacial score (nSPS) is 23.8. The van der Waals surface area contributed by atoms with E-state index in [1.807, 2.05) is 19.1 Å². The number of hydrogen-bond donors (Lipinski definition) is 2. The zero-order valence-electron chi connectivity index (χ0n) is 14.3. The van der Waals surface area contributed by atoms with Crippen LogP contribution in [0.1, 0.15) is 30.4 Å². The quantitative estimate of drug-likeness (QED) is 0.781. The highest BCUT2D eigenvalue weighted by molar-refractivity contribution is 5.79. The Hall–Kier alpha value is -1.59. The molecule has 0 heterocycles. The van der Waals surface area contributed by atoms with Gasteiger partial charge in [0, 0.05) is 25.6 Å². The van der Waals surface area contributed by atoms with E-state index in [1.54, 1.807) is 11.9 Å². The summed E-state index contributed by atoms with van der Waals surface area (Å²) < 4.78 is 5.78. The zero-order valence-corrected chi connectivity index (χ0v) is 14.3. The molecule has 1 aliphatic carbocycles. The molecule has 0 saturated heterocycles. The van der Waals surface area contributed by atoms with Crippen LogP contribution < -0.4 is 10.5 Å². The standard InChI is InChI=1S/C18H28N2O3/c1-12-5-6-17(13(2)9-12)23-8-4-7-20(3)18(22)14-10-15(19)16(21)11-14/h5-6,9,14-16,21H,4,7-8,10-11,19H2,1-3H3/t14-,15+,16+/m0/s1. The smallest absolute Gasteiger partial charge is 0.225 e. The average molecular weight is 320 g/mol. The van der Waals surface area contributed by atoms with Crippen LogP contribution in [-0.4, -0.2) is 48.3 Å². The SMILES string of the molecule is Cc1ccc(OCCCN(C)C(=O)[C@H]2C[C@@H](N)[C@H](O)C2)c(C)c1. The molecule has 0 bridgehead atoms. The Labute approximate surface area is 138 Å². The van der Waals surface area contributed by atoms with Crippen LogP contribution in [0.4, 0.5) is 0 Å². The highest BCUT2D eigenvalue weighted by Gasteiger charge is 2.35. The first-order chi connectivity index (χ1) is 10.9. The number of aliphatic hydroxyl groups excluding tert-OH is 1. The van der Waals surface area contributed by atoms with E-state index in [1.165, 1.54) is 5.56 Å². The van der Waals surface area contributed by atoms with Crippen LogP contribution in [0.5, 0.6) is 5.75 Å². The van der Waals surface area contributed by atoms with E-state index >= 15 is 0 Å². The van der Waals surface area contributed by atoms with Gasteiger partial charge in [-0.25, -0.2) is 0 Å². The van der Waals surface area contributed by atoms with Gasteiger partial charge in [-0.3, -0.25) is 4.79 Å². The number of aliphatic hydroxyl groups is 1. The molecule has 1 saturated carbocycles. The molecule has 5 heteroatoms. The number of amides is 1. The Kier molecular flexibility index (Phi) is 6.02. The largest absolute Gasteiger partial charge is 0.493 e. The predicted octanol–water partition coefficient (Wildman–Crippen LogP) is 1.63. The van der Waals surface area contributed by atoms with Crippen molar-refractivity contribution in [2.45, 2.75) is 45.3 Å². The lowest BCUT2D eigenvalue weighted by atomic mass is 10.1. The molecule has 1 aromatic rings. The topological polar surface area (TPSA) is 75.8 Å². The third-order valence-corrected chi connectivity index (χ3v) is 4.53. The lowest BCUT2D eigenvalue weighted by Gasteiger charge is -2.21. The molecule has 23 heavy (non-hydrogen) atoms. The monoisotopic (exact) mass is 320 g/mol. The Morgan fingerprint density at radius 1 is 1.39 bits per heavy atom. The molecule has 0 radical (unpaired) electrons. The van der Waals surface area contributed by atoms with Gasteiger partial charge in [0.2, 0.25) is 5.91 Å². The summed E-state index contributed by atoms with van der Waals surface area (Å²) in [5, 5.41) is 9.67. The van der Waals surface area contributed by atoms with Gasteiger partial charge in [0.15, 0.2) is 0 Å². The fourth-order valence-corrected chi connectivity index (χ4v) is 3.12. The highest BCUT2D eigenvalue weighted by atomic mass is 16.5. The van der Waals surface area contributed by atoms with Crippen LogP contribution in [-0.2, 0) is 4.79 Å². The molecule has 0 unspecified atom stereocenters. The summed E-state index contributed by atoms with van der Waals surface area (Å²) in [6.07, 6.45) is 1.27. The summed E-state index contributed by atoms with van der Waals surface area (Å²) in [6.45, 7) is 5.32. The number of ether oxygens (including phenoxy) is 1. The van der Waals surface area contributed by atoms with Gasteiger partial charge in [-0.2, -0.15) is 0 Å². The lowest BCUT2D eigenvalue weighted by molar-refractivity contribution is -0.134. The summed E-state index contributed by atoms with van der Waals surface area (Å²) in [4.78, 5) is 14.0. The second kappa shape index (κ2) is 7.79. The summed E-state index contributed by atoms with van der Waals surface area (Å²) in [5.74, 6) is 0.822. The minimum atomic E-state index is -0.551. The first-order valence-corrected chi connectivity index (χ1v) is 8.27. The van der Waals surface area contributed by atoms with Crippen molar-refractivity contribution in [2.24, 2.45) is 11.7 Å². The number of carbonyl (C=O) groups excluding carboxylic acids is 1. The molecule has 2 rings (SSSR count). The van der Waals surface area contributed by atoms with Gasteiger partial charge in [-0.05, 0) is 44.7 Å². The molecule has 3 atom stereocenters. The van der Waals surface area contributed by atoms with Crippen LogP contribution in [0, 0.1) is 19.8 Å². The highest BCUT2D eigenvalue weighted by Crippen LogP contribution is 2.26. The molecule has 1 fully saturated rings. The third-order valence-electron chi connectivity index (χ3n) is 4.53. The second-order valence-corrected chi connectivity index (χ2v) is 6.63. The summed E-state index contributed by atoms with van der Waals surface area (Å²) in [6, 6.07) is 5.85. The minimum absolute atomic E-state index is 0.0727. The molecule has 0 spiro atoms. The maximum absolute atomic E-state index is 12.3.